The topological polar surface area (TPSA) is 42.3 Å². The molecule has 0 atom stereocenters. The maximum atomic E-state index is 12.7. The summed E-state index contributed by atoms with van der Waals surface area (Å²) in [4.78, 5) is 26.7. The zero-order valence-corrected chi connectivity index (χ0v) is 12.3. The monoisotopic (exact) mass is 274 g/mol. The Labute approximate surface area is 119 Å². The Hall–Kier alpha value is -1.42. The van der Waals surface area contributed by atoms with Gasteiger partial charge in [0.1, 0.15) is 0 Å². The average Bonchev–Trinajstić information content (AvgIpc) is 2.91. The molecule has 20 heavy (non-hydrogen) atoms. The van der Waals surface area contributed by atoms with E-state index >= 15 is 0 Å². The number of pyridine rings is 1. The second kappa shape index (κ2) is 5.17. The number of ketones is 1. The number of nitrogens with zero attached hydrogens (tertiary/aromatic N) is 2. The van der Waals surface area contributed by atoms with E-state index in [1.54, 1.807) is 0 Å². The van der Waals surface area contributed by atoms with Gasteiger partial charge in [-0.2, -0.15) is 0 Å². The summed E-state index contributed by atoms with van der Waals surface area (Å²) < 4.78 is 1.96. The molecule has 0 saturated heterocycles. The van der Waals surface area contributed by atoms with Crippen LogP contribution in [0.15, 0.2) is 10.9 Å². The molecule has 108 valence electrons. The molecule has 0 radical (unpaired) electrons. The molecule has 1 aromatic rings. The molecule has 0 unspecified atom stereocenters. The largest absolute Gasteiger partial charge is 0.309 e. The maximum Gasteiger partial charge on any atom is 0.261 e. The Kier molecular flexibility index (Phi) is 3.50. The fourth-order valence-corrected chi connectivity index (χ4v) is 3.61. The van der Waals surface area contributed by atoms with Crippen LogP contribution in [0.4, 0.5) is 0 Å². The van der Waals surface area contributed by atoms with Crippen LogP contribution < -0.4 is 5.56 Å². The second-order valence-electron chi connectivity index (χ2n) is 6.19. The van der Waals surface area contributed by atoms with E-state index in [1.165, 1.54) is 25.5 Å². The molecule has 4 heteroatoms. The van der Waals surface area contributed by atoms with E-state index in [9.17, 15) is 9.59 Å². The Balaban J connectivity index is 2.19. The van der Waals surface area contributed by atoms with E-state index < -0.39 is 0 Å². The number of hydrogen-bond donors (Lipinski definition) is 0. The van der Waals surface area contributed by atoms with Crippen molar-refractivity contribution in [1.29, 1.82) is 0 Å². The fourth-order valence-electron chi connectivity index (χ4n) is 3.61. The number of aromatic nitrogens is 1. The van der Waals surface area contributed by atoms with Crippen molar-refractivity contribution < 1.29 is 4.79 Å². The molecule has 1 aliphatic carbocycles. The predicted octanol–water partition coefficient (Wildman–Crippen LogP) is 2.15. The normalized spacial score (nSPS) is 20.1. The van der Waals surface area contributed by atoms with Gasteiger partial charge in [0.05, 0.1) is 5.56 Å². The smallest absolute Gasteiger partial charge is 0.261 e. The molecule has 0 aromatic carbocycles. The first kappa shape index (κ1) is 13.6. The predicted molar refractivity (Wildman–Crippen MR) is 78.2 cm³/mol. The summed E-state index contributed by atoms with van der Waals surface area (Å²) in [5, 5.41) is 0. The second-order valence-corrected chi connectivity index (χ2v) is 6.19. The van der Waals surface area contributed by atoms with Crippen molar-refractivity contribution in [2.24, 2.45) is 0 Å². The standard InChI is InChI=1S/C16H22N2O2/c1-11(19)14-9-12-10-17(2)8-7-15(12)18(16(14)20)13-5-3-4-6-13/h9,13H,3-8,10H2,1-2H3. The van der Waals surface area contributed by atoms with Crippen molar-refractivity contribution >= 4 is 5.78 Å². The number of rotatable bonds is 2. The van der Waals surface area contributed by atoms with E-state index in [0.29, 0.717) is 11.6 Å². The molecule has 1 aromatic heterocycles. The lowest BCUT2D eigenvalue weighted by molar-refractivity contribution is 0.101. The molecule has 2 aliphatic rings. The van der Waals surface area contributed by atoms with Crippen molar-refractivity contribution in [3.8, 4) is 0 Å². The molecular formula is C16H22N2O2. The molecule has 0 amide bonds. The van der Waals surface area contributed by atoms with Gasteiger partial charge in [0.25, 0.3) is 5.56 Å². The molecule has 4 nitrogen and oxygen atoms in total. The van der Waals surface area contributed by atoms with Gasteiger partial charge < -0.3 is 9.47 Å². The van der Waals surface area contributed by atoms with Crippen LogP contribution in [0.25, 0.3) is 0 Å². The van der Waals surface area contributed by atoms with Crippen LogP contribution in [0, 0.1) is 0 Å². The van der Waals surface area contributed by atoms with Crippen LogP contribution >= 0.6 is 0 Å². The van der Waals surface area contributed by atoms with Crippen molar-refractivity contribution in [3.63, 3.8) is 0 Å². The molecule has 0 bridgehead atoms. The molecule has 2 heterocycles. The third kappa shape index (κ3) is 2.22. The SMILES string of the molecule is CC(=O)c1cc2c(n(C3CCCC3)c1=O)CCN(C)C2. The molecule has 0 spiro atoms. The van der Waals surface area contributed by atoms with Gasteiger partial charge in [0, 0.05) is 31.2 Å². The van der Waals surface area contributed by atoms with Crippen LogP contribution in [-0.2, 0) is 13.0 Å². The summed E-state index contributed by atoms with van der Waals surface area (Å²) >= 11 is 0. The zero-order chi connectivity index (χ0) is 14.3. The number of carbonyl (C=O) groups excluding carboxylic acids is 1. The summed E-state index contributed by atoms with van der Waals surface area (Å²) in [5.74, 6) is -0.113. The highest BCUT2D eigenvalue weighted by Gasteiger charge is 2.27. The first-order valence-electron chi connectivity index (χ1n) is 7.54. The molecule has 1 fully saturated rings. The molecule has 1 saturated carbocycles. The summed E-state index contributed by atoms with van der Waals surface area (Å²) in [6.07, 6.45) is 5.44. The maximum absolute atomic E-state index is 12.7. The van der Waals surface area contributed by atoms with Crippen LogP contribution in [0.1, 0.15) is 60.3 Å². The van der Waals surface area contributed by atoms with Gasteiger partial charge in [-0.15, -0.1) is 0 Å². The van der Waals surface area contributed by atoms with Crippen LogP contribution in [0.5, 0.6) is 0 Å². The van der Waals surface area contributed by atoms with Gasteiger partial charge in [0.15, 0.2) is 5.78 Å². The third-order valence-corrected chi connectivity index (χ3v) is 4.67. The zero-order valence-electron chi connectivity index (χ0n) is 12.3. The molecule has 3 rings (SSSR count). The number of carbonyl (C=O) groups is 1. The van der Waals surface area contributed by atoms with Crippen molar-refractivity contribution in [1.82, 2.24) is 9.47 Å². The van der Waals surface area contributed by atoms with Crippen molar-refractivity contribution in [3.05, 3.63) is 33.2 Å². The third-order valence-electron chi connectivity index (χ3n) is 4.67. The Morgan fingerprint density at radius 1 is 1.30 bits per heavy atom. The van der Waals surface area contributed by atoms with Crippen LogP contribution in [-0.4, -0.2) is 28.8 Å². The highest BCUT2D eigenvalue weighted by molar-refractivity contribution is 5.93. The number of hydrogen-bond acceptors (Lipinski definition) is 3. The summed E-state index contributed by atoms with van der Waals surface area (Å²) in [6, 6.07) is 2.14. The van der Waals surface area contributed by atoms with Crippen molar-refractivity contribution in [2.45, 2.75) is 51.6 Å². The van der Waals surface area contributed by atoms with E-state index in [4.69, 9.17) is 0 Å². The summed E-state index contributed by atoms with van der Waals surface area (Å²) in [7, 11) is 2.08. The van der Waals surface area contributed by atoms with Gasteiger partial charge in [0.2, 0.25) is 0 Å². The molecular weight excluding hydrogens is 252 g/mol. The average molecular weight is 274 g/mol. The Morgan fingerprint density at radius 2 is 2.00 bits per heavy atom. The minimum absolute atomic E-state index is 0.0623. The Morgan fingerprint density at radius 3 is 2.65 bits per heavy atom. The number of fused-ring (bicyclic) bond motifs is 1. The van der Waals surface area contributed by atoms with E-state index in [2.05, 4.69) is 11.9 Å². The van der Waals surface area contributed by atoms with Gasteiger partial charge in [-0.3, -0.25) is 9.59 Å². The van der Waals surface area contributed by atoms with E-state index in [0.717, 1.165) is 37.9 Å². The quantitative estimate of drug-likeness (QED) is 0.776. The number of likely N-dealkylation sites (N-methyl/N-ethyl adjacent to an activating group) is 1. The van der Waals surface area contributed by atoms with Gasteiger partial charge in [-0.1, -0.05) is 12.8 Å². The first-order valence-corrected chi connectivity index (χ1v) is 7.54. The summed E-state index contributed by atoms with van der Waals surface area (Å²) in [6.45, 7) is 3.32. The van der Waals surface area contributed by atoms with Crippen molar-refractivity contribution in [2.75, 3.05) is 13.6 Å². The molecule has 0 N–H and O–H groups in total. The van der Waals surface area contributed by atoms with Crippen LogP contribution in [0.3, 0.4) is 0 Å². The van der Waals surface area contributed by atoms with Gasteiger partial charge in [-0.25, -0.2) is 0 Å². The van der Waals surface area contributed by atoms with E-state index in [1.807, 2.05) is 10.6 Å². The number of Topliss-reactive ketones (excluding diaryl/α,β-unsaturated/α-hetero) is 1. The van der Waals surface area contributed by atoms with Gasteiger partial charge >= 0.3 is 0 Å². The van der Waals surface area contributed by atoms with Crippen LogP contribution in [0.2, 0.25) is 0 Å². The fraction of sp³-hybridized carbons (Fsp3) is 0.625. The lowest BCUT2D eigenvalue weighted by Crippen LogP contribution is -2.37. The minimum Gasteiger partial charge on any atom is -0.309 e. The highest BCUT2D eigenvalue weighted by Crippen LogP contribution is 2.31. The Bertz CT molecular complexity index is 597. The summed E-state index contributed by atoms with van der Waals surface area (Å²) in [5.41, 5.74) is 2.64. The first-order chi connectivity index (χ1) is 9.58. The lowest BCUT2D eigenvalue weighted by Gasteiger charge is -2.30. The van der Waals surface area contributed by atoms with Gasteiger partial charge in [-0.05, 0) is 38.4 Å². The highest BCUT2D eigenvalue weighted by atomic mass is 16.1. The van der Waals surface area contributed by atoms with E-state index in [-0.39, 0.29) is 11.3 Å². The molecule has 1 aliphatic heterocycles. The minimum atomic E-state index is -0.113. The lowest BCUT2D eigenvalue weighted by atomic mass is 10.00.